The molecule has 1 fully saturated rings. The van der Waals surface area contributed by atoms with Gasteiger partial charge in [0.2, 0.25) is 0 Å². The van der Waals surface area contributed by atoms with Gasteiger partial charge in [-0.05, 0) is 44.0 Å². The molecule has 0 amide bonds. The van der Waals surface area contributed by atoms with Gasteiger partial charge in [0.25, 0.3) is 0 Å². The highest BCUT2D eigenvalue weighted by Gasteiger charge is 2.14. The first-order chi connectivity index (χ1) is 8.33. The minimum Gasteiger partial charge on any atom is -0.331 e. The SMILES string of the molecule is Cc1cnc2c(ccn2CC2CCCCN2)c1. The molecule has 90 valence electrons. The van der Waals surface area contributed by atoms with Gasteiger partial charge in [0.1, 0.15) is 5.65 Å². The van der Waals surface area contributed by atoms with Crippen LogP contribution < -0.4 is 5.32 Å². The minimum absolute atomic E-state index is 0.613. The molecule has 0 bridgehead atoms. The van der Waals surface area contributed by atoms with E-state index in [0.29, 0.717) is 6.04 Å². The summed E-state index contributed by atoms with van der Waals surface area (Å²) in [5.41, 5.74) is 2.34. The quantitative estimate of drug-likeness (QED) is 0.857. The Kier molecular flexibility index (Phi) is 2.85. The Hall–Kier alpha value is -1.35. The fraction of sp³-hybridized carbons (Fsp3) is 0.500. The fourth-order valence-electron chi connectivity index (χ4n) is 2.65. The van der Waals surface area contributed by atoms with Gasteiger partial charge in [-0.2, -0.15) is 0 Å². The van der Waals surface area contributed by atoms with Crippen LogP contribution in [0.5, 0.6) is 0 Å². The molecule has 1 saturated heterocycles. The topological polar surface area (TPSA) is 29.9 Å². The second-order valence-corrected chi connectivity index (χ2v) is 5.04. The Morgan fingerprint density at radius 1 is 1.47 bits per heavy atom. The van der Waals surface area contributed by atoms with Gasteiger partial charge in [-0.3, -0.25) is 0 Å². The highest BCUT2D eigenvalue weighted by Crippen LogP contribution is 2.17. The molecule has 0 spiro atoms. The third-order valence-corrected chi connectivity index (χ3v) is 3.57. The van der Waals surface area contributed by atoms with Gasteiger partial charge in [0.15, 0.2) is 0 Å². The van der Waals surface area contributed by atoms with Crippen LogP contribution in [0.3, 0.4) is 0 Å². The maximum Gasteiger partial charge on any atom is 0.139 e. The van der Waals surface area contributed by atoms with Gasteiger partial charge in [-0.15, -0.1) is 0 Å². The number of nitrogens with one attached hydrogen (secondary N) is 1. The lowest BCUT2D eigenvalue weighted by Gasteiger charge is -2.24. The first-order valence-corrected chi connectivity index (χ1v) is 6.48. The van der Waals surface area contributed by atoms with Crippen molar-refractivity contribution in [2.24, 2.45) is 0 Å². The number of nitrogens with zero attached hydrogens (tertiary/aromatic N) is 2. The normalized spacial score (nSPS) is 20.9. The smallest absolute Gasteiger partial charge is 0.139 e. The Morgan fingerprint density at radius 2 is 2.41 bits per heavy atom. The molecule has 0 saturated carbocycles. The molecule has 1 unspecified atom stereocenters. The van der Waals surface area contributed by atoms with E-state index in [-0.39, 0.29) is 0 Å². The third kappa shape index (κ3) is 2.20. The summed E-state index contributed by atoms with van der Waals surface area (Å²) in [6.45, 7) is 4.29. The maximum atomic E-state index is 4.54. The van der Waals surface area contributed by atoms with E-state index in [1.807, 2.05) is 6.20 Å². The Bertz CT molecular complexity index is 509. The molecule has 2 aromatic rings. The summed E-state index contributed by atoms with van der Waals surface area (Å²) in [5.74, 6) is 0. The molecule has 0 aromatic carbocycles. The van der Waals surface area contributed by atoms with E-state index in [1.165, 1.54) is 30.2 Å². The number of aromatic nitrogens is 2. The molecule has 3 heteroatoms. The number of aryl methyl sites for hydroxylation is 1. The van der Waals surface area contributed by atoms with Crippen LogP contribution in [0, 0.1) is 6.92 Å². The summed E-state index contributed by atoms with van der Waals surface area (Å²) in [4.78, 5) is 4.54. The van der Waals surface area contributed by atoms with Crippen LogP contribution in [0.1, 0.15) is 24.8 Å². The van der Waals surface area contributed by atoms with E-state index in [1.54, 1.807) is 0 Å². The minimum atomic E-state index is 0.613. The predicted molar refractivity (Wildman–Crippen MR) is 70.1 cm³/mol. The molecular weight excluding hydrogens is 210 g/mol. The van der Waals surface area contributed by atoms with Crippen molar-refractivity contribution < 1.29 is 0 Å². The molecule has 0 aliphatic carbocycles. The van der Waals surface area contributed by atoms with E-state index < -0.39 is 0 Å². The molecular formula is C14H19N3. The van der Waals surface area contributed by atoms with Crippen molar-refractivity contribution >= 4 is 11.0 Å². The average molecular weight is 229 g/mol. The van der Waals surface area contributed by atoms with Crippen LogP contribution in [-0.4, -0.2) is 22.1 Å². The lowest BCUT2D eigenvalue weighted by molar-refractivity contribution is 0.366. The van der Waals surface area contributed by atoms with Gasteiger partial charge in [0.05, 0.1) is 0 Å². The first-order valence-electron chi connectivity index (χ1n) is 6.48. The van der Waals surface area contributed by atoms with Crippen molar-refractivity contribution in [3.05, 3.63) is 30.1 Å². The second kappa shape index (κ2) is 4.49. The van der Waals surface area contributed by atoms with Crippen LogP contribution in [0.2, 0.25) is 0 Å². The van der Waals surface area contributed by atoms with Gasteiger partial charge in [-0.1, -0.05) is 6.42 Å². The zero-order chi connectivity index (χ0) is 11.7. The number of fused-ring (bicyclic) bond motifs is 1. The van der Waals surface area contributed by atoms with Crippen molar-refractivity contribution in [3.8, 4) is 0 Å². The highest BCUT2D eigenvalue weighted by atomic mass is 15.1. The predicted octanol–water partition coefficient (Wildman–Crippen LogP) is 2.49. The molecule has 1 aliphatic rings. The summed E-state index contributed by atoms with van der Waals surface area (Å²) in [7, 11) is 0. The van der Waals surface area contributed by atoms with Crippen molar-refractivity contribution in [1.82, 2.24) is 14.9 Å². The average Bonchev–Trinajstić information content (AvgIpc) is 2.73. The summed E-state index contributed by atoms with van der Waals surface area (Å²) in [6.07, 6.45) is 8.07. The molecule has 3 rings (SSSR count). The molecule has 2 aromatic heterocycles. The summed E-state index contributed by atoms with van der Waals surface area (Å²) in [5, 5.41) is 4.84. The van der Waals surface area contributed by atoms with Crippen LogP contribution in [-0.2, 0) is 6.54 Å². The molecule has 1 aliphatic heterocycles. The number of rotatable bonds is 2. The summed E-state index contributed by atoms with van der Waals surface area (Å²) >= 11 is 0. The maximum absolute atomic E-state index is 4.54. The first kappa shape index (κ1) is 10.8. The Labute approximate surface area is 102 Å². The van der Waals surface area contributed by atoms with Crippen molar-refractivity contribution in [3.63, 3.8) is 0 Å². The van der Waals surface area contributed by atoms with E-state index in [4.69, 9.17) is 0 Å². The van der Waals surface area contributed by atoms with Crippen LogP contribution in [0.25, 0.3) is 11.0 Å². The summed E-state index contributed by atoms with van der Waals surface area (Å²) in [6, 6.07) is 4.98. The molecule has 1 N–H and O–H groups in total. The van der Waals surface area contributed by atoms with Crippen molar-refractivity contribution in [2.45, 2.75) is 38.8 Å². The standard InChI is InChI=1S/C14H19N3/c1-11-8-12-5-7-17(14(12)16-9-11)10-13-4-2-3-6-15-13/h5,7-9,13,15H,2-4,6,10H2,1H3. The lowest BCUT2D eigenvalue weighted by Crippen LogP contribution is -2.37. The van der Waals surface area contributed by atoms with Crippen LogP contribution >= 0.6 is 0 Å². The number of pyridine rings is 1. The van der Waals surface area contributed by atoms with Crippen molar-refractivity contribution in [2.75, 3.05) is 6.54 Å². The van der Waals surface area contributed by atoms with Gasteiger partial charge < -0.3 is 9.88 Å². The molecule has 0 radical (unpaired) electrons. The van der Waals surface area contributed by atoms with E-state index in [9.17, 15) is 0 Å². The molecule has 3 heterocycles. The third-order valence-electron chi connectivity index (χ3n) is 3.57. The van der Waals surface area contributed by atoms with E-state index in [0.717, 1.165) is 18.7 Å². The molecule has 17 heavy (non-hydrogen) atoms. The number of piperidine rings is 1. The number of hydrogen-bond donors (Lipinski definition) is 1. The zero-order valence-corrected chi connectivity index (χ0v) is 10.3. The highest BCUT2D eigenvalue weighted by molar-refractivity contribution is 5.76. The van der Waals surface area contributed by atoms with E-state index >= 15 is 0 Å². The van der Waals surface area contributed by atoms with Gasteiger partial charge in [0, 0.05) is 30.4 Å². The Morgan fingerprint density at radius 3 is 3.24 bits per heavy atom. The van der Waals surface area contributed by atoms with Crippen molar-refractivity contribution in [1.29, 1.82) is 0 Å². The fourth-order valence-corrected chi connectivity index (χ4v) is 2.65. The zero-order valence-electron chi connectivity index (χ0n) is 10.3. The second-order valence-electron chi connectivity index (χ2n) is 5.04. The van der Waals surface area contributed by atoms with E-state index in [2.05, 4.69) is 40.1 Å². The molecule has 3 nitrogen and oxygen atoms in total. The Balaban J connectivity index is 1.84. The largest absolute Gasteiger partial charge is 0.331 e. The van der Waals surface area contributed by atoms with Gasteiger partial charge in [-0.25, -0.2) is 4.98 Å². The van der Waals surface area contributed by atoms with Crippen LogP contribution in [0.15, 0.2) is 24.5 Å². The monoisotopic (exact) mass is 229 g/mol. The molecule has 1 atom stereocenters. The van der Waals surface area contributed by atoms with Gasteiger partial charge >= 0.3 is 0 Å². The lowest BCUT2D eigenvalue weighted by atomic mass is 10.1. The summed E-state index contributed by atoms with van der Waals surface area (Å²) < 4.78 is 2.28. The number of hydrogen-bond acceptors (Lipinski definition) is 2. The van der Waals surface area contributed by atoms with Crippen LogP contribution in [0.4, 0.5) is 0 Å².